The van der Waals surface area contributed by atoms with E-state index >= 15 is 0 Å². The molecule has 0 aliphatic heterocycles. The monoisotopic (exact) mass is 205 g/mol. The molecule has 0 fully saturated rings. The zero-order valence-corrected chi connectivity index (χ0v) is 8.82. The summed E-state index contributed by atoms with van der Waals surface area (Å²) in [4.78, 5) is 10.0. The van der Waals surface area contributed by atoms with Crippen molar-refractivity contribution in [2.24, 2.45) is 0 Å². The predicted molar refractivity (Wildman–Crippen MR) is 58.9 cm³/mol. The summed E-state index contributed by atoms with van der Waals surface area (Å²) in [5.41, 5.74) is 0.932. The molecule has 15 heavy (non-hydrogen) atoms. The number of carbonyl (C=O) groups excluding carboxylic acids is 1. The van der Waals surface area contributed by atoms with Gasteiger partial charge in [-0.05, 0) is 17.7 Å². The quantitative estimate of drug-likeness (QED) is 0.739. The van der Waals surface area contributed by atoms with Crippen molar-refractivity contribution in [1.82, 2.24) is 0 Å². The first-order valence-corrected chi connectivity index (χ1v) is 4.54. The highest BCUT2D eigenvalue weighted by Crippen LogP contribution is 2.23. The highest BCUT2D eigenvalue weighted by Gasteiger charge is 1.98. The van der Waals surface area contributed by atoms with Crippen LogP contribution < -0.4 is 9.47 Å². The lowest BCUT2D eigenvalue weighted by molar-refractivity contribution is 0.394. The Balaban J connectivity index is 2.91. The number of allylic oxidation sites excluding steroid dienone is 1. The second-order valence-electron chi connectivity index (χ2n) is 2.90. The van der Waals surface area contributed by atoms with Gasteiger partial charge >= 0.3 is 0 Å². The molecule has 3 nitrogen and oxygen atoms in total. The summed E-state index contributed by atoms with van der Waals surface area (Å²) in [7, 11) is 3.20. The molecule has 3 heteroatoms. The molecule has 1 rings (SSSR count). The van der Waals surface area contributed by atoms with Gasteiger partial charge in [0, 0.05) is 12.5 Å². The minimum Gasteiger partial charge on any atom is -0.497 e. The summed E-state index contributed by atoms with van der Waals surface area (Å²) in [6.07, 6.45) is 5.65. The molecular weight excluding hydrogens is 192 g/mol. The standard InChI is InChI=1S/C12H13O3/c1-14-11-7-10(5-3-4-6-13)8-12(9-11)15-2/h3,5,7-9H,4H2,1-2H3. The average Bonchev–Trinajstić information content (AvgIpc) is 2.29. The third-order valence-corrected chi connectivity index (χ3v) is 1.89. The molecule has 0 saturated carbocycles. The molecular formula is C12H13O3. The molecule has 0 aliphatic carbocycles. The van der Waals surface area contributed by atoms with Crippen LogP contribution in [-0.4, -0.2) is 20.5 Å². The van der Waals surface area contributed by atoms with Crippen molar-refractivity contribution in [3.8, 4) is 11.5 Å². The Bertz CT molecular complexity index is 334. The molecule has 79 valence electrons. The van der Waals surface area contributed by atoms with Crippen LogP contribution in [0, 0.1) is 0 Å². The number of benzene rings is 1. The van der Waals surface area contributed by atoms with Crippen molar-refractivity contribution in [3.63, 3.8) is 0 Å². The Morgan fingerprint density at radius 1 is 1.20 bits per heavy atom. The molecule has 0 spiro atoms. The predicted octanol–water partition coefficient (Wildman–Crippen LogP) is 2.22. The highest BCUT2D eigenvalue weighted by atomic mass is 16.5. The van der Waals surface area contributed by atoms with Crippen LogP contribution in [0.25, 0.3) is 6.08 Å². The summed E-state index contributed by atoms with van der Waals surface area (Å²) in [6.45, 7) is 0. The van der Waals surface area contributed by atoms with Gasteiger partial charge in [-0.25, -0.2) is 0 Å². The van der Waals surface area contributed by atoms with E-state index in [1.165, 1.54) is 0 Å². The van der Waals surface area contributed by atoms with Gasteiger partial charge in [-0.15, -0.1) is 0 Å². The molecule has 0 saturated heterocycles. The maximum absolute atomic E-state index is 10.0. The van der Waals surface area contributed by atoms with E-state index in [4.69, 9.17) is 9.47 Å². The van der Waals surface area contributed by atoms with Gasteiger partial charge in [-0.3, -0.25) is 4.79 Å². The number of rotatable bonds is 5. The van der Waals surface area contributed by atoms with Crippen LogP contribution in [0.4, 0.5) is 0 Å². The number of hydrogen-bond acceptors (Lipinski definition) is 3. The van der Waals surface area contributed by atoms with Crippen molar-refractivity contribution in [1.29, 1.82) is 0 Å². The third-order valence-electron chi connectivity index (χ3n) is 1.89. The fraction of sp³-hybridized carbons (Fsp3) is 0.250. The maximum Gasteiger partial charge on any atom is 0.202 e. The van der Waals surface area contributed by atoms with Gasteiger partial charge in [0.15, 0.2) is 0 Å². The van der Waals surface area contributed by atoms with Crippen LogP contribution in [0.15, 0.2) is 24.3 Å². The van der Waals surface area contributed by atoms with E-state index in [9.17, 15) is 4.79 Å². The molecule has 1 aromatic carbocycles. The molecule has 0 unspecified atom stereocenters. The Hall–Kier alpha value is -1.77. The molecule has 0 amide bonds. The first kappa shape index (κ1) is 11.3. The van der Waals surface area contributed by atoms with E-state index < -0.39 is 0 Å². The van der Waals surface area contributed by atoms with Crippen molar-refractivity contribution >= 4 is 12.4 Å². The first-order valence-electron chi connectivity index (χ1n) is 4.54. The normalized spacial score (nSPS) is 10.3. The zero-order valence-electron chi connectivity index (χ0n) is 8.82. The van der Waals surface area contributed by atoms with Crippen LogP contribution in [-0.2, 0) is 4.79 Å². The minimum absolute atomic E-state index is 0.291. The van der Waals surface area contributed by atoms with E-state index in [1.807, 2.05) is 18.2 Å². The minimum atomic E-state index is 0.291. The molecule has 0 bridgehead atoms. The van der Waals surface area contributed by atoms with Gasteiger partial charge in [-0.2, -0.15) is 0 Å². The summed E-state index contributed by atoms with van der Waals surface area (Å²) >= 11 is 0. The first-order chi connectivity index (χ1) is 7.30. The largest absolute Gasteiger partial charge is 0.497 e. The van der Waals surface area contributed by atoms with E-state index in [2.05, 4.69) is 0 Å². The van der Waals surface area contributed by atoms with Gasteiger partial charge in [0.25, 0.3) is 0 Å². The van der Waals surface area contributed by atoms with Crippen LogP contribution in [0.3, 0.4) is 0 Å². The Morgan fingerprint density at radius 3 is 2.27 bits per heavy atom. The van der Waals surface area contributed by atoms with Crippen LogP contribution >= 0.6 is 0 Å². The molecule has 0 N–H and O–H groups in total. The van der Waals surface area contributed by atoms with Gasteiger partial charge < -0.3 is 9.47 Å². The van der Waals surface area contributed by atoms with Gasteiger partial charge in [0.1, 0.15) is 11.5 Å². The summed E-state index contributed by atoms with van der Waals surface area (Å²) in [5.74, 6) is 1.45. The Kier molecular flexibility index (Phi) is 4.41. The lowest BCUT2D eigenvalue weighted by Gasteiger charge is -2.05. The van der Waals surface area contributed by atoms with Crippen molar-refractivity contribution < 1.29 is 14.3 Å². The van der Waals surface area contributed by atoms with Crippen LogP contribution in [0.5, 0.6) is 11.5 Å². The SMILES string of the molecule is COc1cc(C=CC[C]=O)cc(OC)c1. The van der Waals surface area contributed by atoms with Gasteiger partial charge in [0.2, 0.25) is 6.29 Å². The average molecular weight is 205 g/mol. The van der Waals surface area contributed by atoms with E-state index in [-0.39, 0.29) is 0 Å². The number of ether oxygens (including phenoxy) is 2. The lowest BCUT2D eigenvalue weighted by Crippen LogP contribution is -1.88. The van der Waals surface area contributed by atoms with Gasteiger partial charge in [0.05, 0.1) is 14.2 Å². The molecule has 1 radical (unpaired) electrons. The Morgan fingerprint density at radius 2 is 1.80 bits per heavy atom. The fourth-order valence-corrected chi connectivity index (χ4v) is 1.17. The van der Waals surface area contributed by atoms with Crippen molar-refractivity contribution in [2.75, 3.05) is 14.2 Å². The molecule has 0 aliphatic rings. The van der Waals surface area contributed by atoms with Crippen molar-refractivity contribution in [3.05, 3.63) is 29.8 Å². The molecule has 0 heterocycles. The number of hydrogen-bond donors (Lipinski definition) is 0. The van der Waals surface area contributed by atoms with Crippen molar-refractivity contribution in [2.45, 2.75) is 6.42 Å². The topological polar surface area (TPSA) is 35.5 Å². The van der Waals surface area contributed by atoms with Crippen LogP contribution in [0.2, 0.25) is 0 Å². The fourth-order valence-electron chi connectivity index (χ4n) is 1.17. The second kappa shape index (κ2) is 5.86. The van der Waals surface area contributed by atoms with Gasteiger partial charge in [-0.1, -0.05) is 12.2 Å². The van der Waals surface area contributed by atoms with E-state index in [0.29, 0.717) is 6.42 Å². The molecule has 0 aromatic heterocycles. The van der Waals surface area contributed by atoms with E-state index in [0.717, 1.165) is 17.1 Å². The Labute approximate surface area is 89.3 Å². The highest BCUT2D eigenvalue weighted by molar-refractivity contribution is 5.60. The number of methoxy groups -OCH3 is 2. The molecule has 1 aromatic rings. The summed E-state index contributed by atoms with van der Waals surface area (Å²) in [5, 5.41) is 0. The maximum atomic E-state index is 10.0. The smallest absolute Gasteiger partial charge is 0.202 e. The lowest BCUT2D eigenvalue weighted by atomic mass is 10.2. The van der Waals surface area contributed by atoms with E-state index in [1.54, 1.807) is 32.6 Å². The zero-order chi connectivity index (χ0) is 11.1. The molecule has 0 atom stereocenters. The third kappa shape index (κ3) is 3.46. The summed E-state index contributed by atoms with van der Waals surface area (Å²) in [6, 6.07) is 5.52. The van der Waals surface area contributed by atoms with Crippen LogP contribution in [0.1, 0.15) is 12.0 Å². The second-order valence-corrected chi connectivity index (χ2v) is 2.90. The summed E-state index contributed by atoms with van der Waals surface area (Å²) < 4.78 is 10.2.